The van der Waals surface area contributed by atoms with Gasteiger partial charge in [0.05, 0.1) is 10.9 Å². The van der Waals surface area contributed by atoms with E-state index in [0.717, 1.165) is 0 Å². The van der Waals surface area contributed by atoms with Gasteiger partial charge in [-0.05, 0) is 60.7 Å². The van der Waals surface area contributed by atoms with Gasteiger partial charge in [0.15, 0.2) is 14.7 Å². The number of hydrogen-bond donors (Lipinski definition) is 2. The second-order valence-electron chi connectivity index (χ2n) is 6.92. The summed E-state index contributed by atoms with van der Waals surface area (Å²) in [4.78, 5) is 4.08. The lowest BCUT2D eigenvalue weighted by atomic mass is 10.3. The molecule has 5 aromatic rings. The number of phenolic OH excluding ortho intramolecular Hbond substituents is 2. The molecule has 0 saturated heterocycles. The third-order valence-electron chi connectivity index (χ3n) is 4.45. The molecule has 0 aromatic heterocycles. The molecule has 2 N–H and O–H groups in total. The van der Waals surface area contributed by atoms with E-state index < -0.39 is 0 Å². The Morgan fingerprint density at radius 1 is 0.303 bits per heavy atom. The topological polar surface area (TPSA) is 40.5 Å². The average Bonchev–Trinajstić information content (AvgIpc) is 2.88. The van der Waals surface area contributed by atoms with Crippen molar-refractivity contribution in [1.29, 1.82) is 0 Å². The lowest BCUT2D eigenvalue weighted by Gasteiger charge is -2.07. The highest BCUT2D eigenvalue weighted by Crippen LogP contribution is 2.30. The van der Waals surface area contributed by atoms with Gasteiger partial charge in [-0.25, -0.2) is 0 Å². The fourth-order valence-corrected chi connectivity index (χ4v) is 5.04. The van der Waals surface area contributed by atoms with Crippen LogP contribution in [0.5, 0.6) is 11.5 Å². The highest BCUT2D eigenvalue weighted by atomic mass is 32.2. The van der Waals surface area contributed by atoms with E-state index in [-0.39, 0.29) is 10.9 Å². The molecule has 0 saturated carbocycles. The summed E-state index contributed by atoms with van der Waals surface area (Å²) in [7, 11) is -0.0146. The summed E-state index contributed by atoms with van der Waals surface area (Å²) < 4.78 is 0. The maximum absolute atomic E-state index is 8.63. The highest BCUT2D eigenvalue weighted by molar-refractivity contribution is 7.97. The van der Waals surface area contributed by atoms with Gasteiger partial charge in [0.1, 0.15) is 11.5 Å². The van der Waals surface area contributed by atoms with E-state index in [1.165, 1.54) is 14.7 Å². The second-order valence-corrected chi connectivity index (χ2v) is 8.94. The summed E-state index contributed by atoms with van der Waals surface area (Å²) in [5.74, 6) is 0.644. The van der Waals surface area contributed by atoms with Crippen molar-refractivity contribution < 1.29 is 10.2 Å². The maximum Gasteiger partial charge on any atom is 0.166 e. The number of aromatic hydroxyl groups is 2. The molecule has 0 aliphatic carbocycles. The largest absolute Gasteiger partial charge is 0.508 e. The summed E-state index contributed by atoms with van der Waals surface area (Å²) in [6, 6.07) is 49.6. The Balaban J connectivity index is 0.000000178. The quantitative estimate of drug-likeness (QED) is 0.278. The predicted octanol–water partition coefficient (Wildman–Crippen LogP) is 7.57. The molecule has 0 heterocycles. The van der Waals surface area contributed by atoms with Gasteiger partial charge in [0, 0.05) is 0 Å². The molecule has 2 nitrogen and oxygen atoms in total. The molecule has 33 heavy (non-hydrogen) atoms. The molecule has 0 atom stereocenters. The van der Waals surface area contributed by atoms with Crippen LogP contribution in [0.3, 0.4) is 0 Å². The molecule has 0 radical (unpaired) electrons. The van der Waals surface area contributed by atoms with Crippen LogP contribution < -0.4 is 0 Å². The lowest BCUT2D eigenvalue weighted by molar-refractivity contribution is 0.475. The molecular weight excluding hydrogens is 424 g/mol. The van der Waals surface area contributed by atoms with Crippen LogP contribution in [-0.4, -0.2) is 10.2 Å². The van der Waals surface area contributed by atoms with Crippen molar-refractivity contribution in [2.24, 2.45) is 0 Å². The molecule has 164 valence electrons. The van der Waals surface area contributed by atoms with Gasteiger partial charge >= 0.3 is 0 Å². The summed E-state index contributed by atoms with van der Waals surface area (Å²) in [6.07, 6.45) is 0. The summed E-state index contributed by atoms with van der Waals surface area (Å²) in [5, 5.41) is 17.3. The van der Waals surface area contributed by atoms with Crippen LogP contribution >= 0.6 is 0 Å². The first-order chi connectivity index (χ1) is 16.2. The van der Waals surface area contributed by atoms with Crippen molar-refractivity contribution in [3.05, 3.63) is 152 Å². The molecule has 3 heteroatoms. The SMILES string of the molecule is Oc1ccccc1.Oc1ccccc1.c1ccc([S+](c2ccccc2)c2ccccc2)cc1. The Labute approximate surface area is 198 Å². The van der Waals surface area contributed by atoms with Crippen LogP contribution in [0, 0.1) is 0 Å². The Morgan fingerprint density at radius 2 is 0.515 bits per heavy atom. The summed E-state index contributed by atoms with van der Waals surface area (Å²) in [6.45, 7) is 0. The van der Waals surface area contributed by atoms with Crippen molar-refractivity contribution in [2.45, 2.75) is 14.7 Å². The van der Waals surface area contributed by atoms with Crippen LogP contribution in [-0.2, 0) is 10.9 Å². The third kappa shape index (κ3) is 8.24. The molecule has 5 rings (SSSR count). The molecule has 0 amide bonds. The zero-order valence-electron chi connectivity index (χ0n) is 18.2. The normalized spacial score (nSPS) is 9.73. The van der Waals surface area contributed by atoms with E-state index in [9.17, 15) is 0 Å². The number of benzene rings is 5. The Morgan fingerprint density at radius 3 is 0.697 bits per heavy atom. The fraction of sp³-hybridized carbons (Fsp3) is 0. The van der Waals surface area contributed by atoms with Crippen molar-refractivity contribution >= 4 is 10.9 Å². The molecule has 0 bridgehead atoms. The van der Waals surface area contributed by atoms with Gasteiger partial charge in [-0.2, -0.15) is 0 Å². The first-order valence-corrected chi connectivity index (χ1v) is 11.8. The summed E-state index contributed by atoms with van der Waals surface area (Å²) in [5.41, 5.74) is 0. The average molecular weight is 452 g/mol. The molecule has 0 spiro atoms. The number of hydrogen-bond acceptors (Lipinski definition) is 2. The minimum Gasteiger partial charge on any atom is -0.508 e. The van der Waals surface area contributed by atoms with Crippen molar-refractivity contribution in [1.82, 2.24) is 0 Å². The number of para-hydroxylation sites is 2. The monoisotopic (exact) mass is 451 g/mol. The van der Waals surface area contributed by atoms with E-state index in [1.54, 1.807) is 48.5 Å². The molecule has 0 aliphatic heterocycles. The van der Waals surface area contributed by atoms with Crippen molar-refractivity contribution in [3.8, 4) is 11.5 Å². The van der Waals surface area contributed by atoms with Gasteiger partial charge in [-0.3, -0.25) is 0 Å². The maximum atomic E-state index is 8.63. The molecule has 0 unspecified atom stereocenters. The molecular formula is C30H27O2S+. The Hall–Kier alpha value is -3.95. The van der Waals surface area contributed by atoms with E-state index in [0.29, 0.717) is 11.5 Å². The smallest absolute Gasteiger partial charge is 0.166 e. The van der Waals surface area contributed by atoms with Crippen molar-refractivity contribution in [3.63, 3.8) is 0 Å². The number of phenols is 2. The zero-order valence-corrected chi connectivity index (χ0v) is 19.1. The minimum atomic E-state index is -0.0146. The molecule has 0 fully saturated rings. The predicted molar refractivity (Wildman–Crippen MR) is 138 cm³/mol. The molecule has 5 aromatic carbocycles. The first kappa shape index (κ1) is 23.7. The van der Waals surface area contributed by atoms with E-state index in [1.807, 2.05) is 12.1 Å². The van der Waals surface area contributed by atoms with Crippen LogP contribution in [0.15, 0.2) is 166 Å². The van der Waals surface area contributed by atoms with Crippen LogP contribution in [0.2, 0.25) is 0 Å². The van der Waals surface area contributed by atoms with Gasteiger partial charge in [0.2, 0.25) is 0 Å². The lowest BCUT2D eigenvalue weighted by Crippen LogP contribution is -2.04. The van der Waals surface area contributed by atoms with Crippen LogP contribution in [0.25, 0.3) is 0 Å². The number of rotatable bonds is 3. The fourth-order valence-electron chi connectivity index (χ4n) is 2.93. The first-order valence-electron chi connectivity index (χ1n) is 10.6. The Kier molecular flexibility index (Phi) is 9.67. The minimum absolute atomic E-state index is 0.0146. The standard InChI is InChI=1S/C18H15S.2C6H6O/c1-4-10-16(11-5-1)19(17-12-6-2-7-13-17)18-14-8-3-9-15-18;2*7-6-4-2-1-3-5-6/h1-15H;2*1-5,7H/q+1;;. The van der Waals surface area contributed by atoms with E-state index in [4.69, 9.17) is 10.2 Å². The van der Waals surface area contributed by atoms with Gasteiger partial charge in [-0.1, -0.05) is 91.0 Å². The van der Waals surface area contributed by atoms with Gasteiger partial charge in [-0.15, -0.1) is 0 Å². The van der Waals surface area contributed by atoms with Crippen molar-refractivity contribution in [2.75, 3.05) is 0 Å². The zero-order chi connectivity index (χ0) is 23.1. The van der Waals surface area contributed by atoms with Crippen LogP contribution in [0.4, 0.5) is 0 Å². The van der Waals surface area contributed by atoms with Gasteiger partial charge in [0.25, 0.3) is 0 Å². The second kappa shape index (κ2) is 13.5. The highest BCUT2D eigenvalue weighted by Gasteiger charge is 2.27. The van der Waals surface area contributed by atoms with Gasteiger partial charge < -0.3 is 10.2 Å². The summed E-state index contributed by atoms with van der Waals surface area (Å²) >= 11 is 0. The van der Waals surface area contributed by atoms with Crippen LogP contribution in [0.1, 0.15) is 0 Å². The molecule has 0 aliphatic rings. The third-order valence-corrected chi connectivity index (χ3v) is 6.68. The Bertz CT molecular complexity index is 1020. The van der Waals surface area contributed by atoms with E-state index in [2.05, 4.69) is 91.0 Å². The van der Waals surface area contributed by atoms with E-state index >= 15 is 0 Å².